The number of hydrogen-bond acceptors (Lipinski definition) is 6. The molecule has 0 saturated carbocycles. The molecule has 1 aliphatic rings. The summed E-state index contributed by atoms with van der Waals surface area (Å²) >= 11 is 0. The fraction of sp³-hybridized carbons (Fsp3) is 0.556. The minimum Gasteiger partial charge on any atom is -0.390 e. The molecule has 0 radical (unpaired) electrons. The van der Waals surface area contributed by atoms with E-state index in [-0.39, 0.29) is 24.2 Å². The molecule has 0 bridgehead atoms. The van der Waals surface area contributed by atoms with Crippen molar-refractivity contribution in [3.05, 3.63) is 18.0 Å². The molecule has 2 heterocycles. The second-order valence-corrected chi connectivity index (χ2v) is 6.00. The highest BCUT2D eigenvalue weighted by atomic mass is 32.2. The van der Waals surface area contributed by atoms with E-state index in [4.69, 9.17) is 5.11 Å². The molecule has 7 heteroatoms. The van der Waals surface area contributed by atoms with E-state index in [1.54, 1.807) is 6.07 Å². The number of nitrogens with zero attached hydrogens (tertiary/aromatic N) is 2. The molecular weight excluding hydrogens is 230 g/mol. The summed E-state index contributed by atoms with van der Waals surface area (Å²) in [6.07, 6.45) is 2.11. The highest BCUT2D eigenvalue weighted by Gasteiger charge is 2.28. The predicted molar refractivity (Wildman–Crippen MR) is 58.6 cm³/mol. The number of aliphatic hydroxyl groups is 1. The Bertz CT molecular complexity index is 475. The Morgan fingerprint density at radius 1 is 1.56 bits per heavy atom. The largest absolute Gasteiger partial charge is 0.390 e. The first-order chi connectivity index (χ1) is 7.59. The van der Waals surface area contributed by atoms with E-state index < -0.39 is 9.84 Å². The highest BCUT2D eigenvalue weighted by molar-refractivity contribution is 7.91. The predicted octanol–water partition coefficient (Wildman–Crippen LogP) is -0.432. The van der Waals surface area contributed by atoms with Crippen LogP contribution in [0.25, 0.3) is 0 Å². The van der Waals surface area contributed by atoms with Crippen molar-refractivity contribution in [3.63, 3.8) is 0 Å². The number of aliphatic hydroxyl groups excluding tert-OH is 1. The lowest BCUT2D eigenvalue weighted by molar-refractivity contribution is 0.277. The topological polar surface area (TPSA) is 92.2 Å². The van der Waals surface area contributed by atoms with Gasteiger partial charge in [-0.2, -0.15) is 0 Å². The SMILES string of the molecule is O=S1(=O)CCC(Nc2nccc(CO)n2)C1. The standard InChI is InChI=1S/C9H13N3O3S/c13-5-7-1-3-10-9(11-7)12-8-2-4-16(14,15)6-8/h1,3,8,13H,2,4-6H2,(H,10,11,12). The lowest BCUT2D eigenvalue weighted by atomic mass is 10.3. The van der Waals surface area contributed by atoms with Crippen LogP contribution in [-0.4, -0.2) is 41.0 Å². The second kappa shape index (κ2) is 4.34. The van der Waals surface area contributed by atoms with Gasteiger partial charge in [0.15, 0.2) is 9.84 Å². The maximum absolute atomic E-state index is 11.2. The van der Waals surface area contributed by atoms with Gasteiger partial charge >= 0.3 is 0 Å². The third kappa shape index (κ3) is 2.67. The molecule has 1 fully saturated rings. The van der Waals surface area contributed by atoms with Crippen LogP contribution in [0.5, 0.6) is 0 Å². The van der Waals surface area contributed by atoms with Gasteiger partial charge in [0.25, 0.3) is 0 Å². The zero-order chi connectivity index (χ0) is 11.6. The number of hydrogen-bond donors (Lipinski definition) is 2. The van der Waals surface area contributed by atoms with Crippen LogP contribution in [0.4, 0.5) is 5.95 Å². The van der Waals surface area contributed by atoms with Crippen molar-refractivity contribution >= 4 is 15.8 Å². The van der Waals surface area contributed by atoms with Gasteiger partial charge in [-0.1, -0.05) is 0 Å². The van der Waals surface area contributed by atoms with E-state index in [0.717, 1.165) is 0 Å². The monoisotopic (exact) mass is 243 g/mol. The average molecular weight is 243 g/mol. The van der Waals surface area contributed by atoms with Gasteiger partial charge in [-0.25, -0.2) is 18.4 Å². The molecule has 1 aromatic rings. The maximum Gasteiger partial charge on any atom is 0.223 e. The Morgan fingerprint density at radius 3 is 3.00 bits per heavy atom. The summed E-state index contributed by atoms with van der Waals surface area (Å²) in [7, 11) is -2.90. The average Bonchev–Trinajstić information content (AvgIpc) is 2.58. The van der Waals surface area contributed by atoms with E-state index in [1.165, 1.54) is 6.20 Å². The van der Waals surface area contributed by atoms with Crippen molar-refractivity contribution in [2.24, 2.45) is 0 Å². The van der Waals surface area contributed by atoms with E-state index in [0.29, 0.717) is 18.1 Å². The van der Waals surface area contributed by atoms with Gasteiger partial charge in [0.1, 0.15) is 0 Å². The van der Waals surface area contributed by atoms with Crippen LogP contribution in [0, 0.1) is 0 Å². The third-order valence-corrected chi connectivity index (χ3v) is 4.21. The molecule has 88 valence electrons. The molecule has 6 nitrogen and oxygen atoms in total. The number of nitrogens with one attached hydrogen (secondary N) is 1. The van der Waals surface area contributed by atoms with Gasteiger partial charge in [0, 0.05) is 12.2 Å². The molecule has 1 unspecified atom stereocenters. The Labute approximate surface area is 93.7 Å². The van der Waals surface area contributed by atoms with E-state index >= 15 is 0 Å². The van der Waals surface area contributed by atoms with Crippen LogP contribution in [0.1, 0.15) is 12.1 Å². The fourth-order valence-electron chi connectivity index (χ4n) is 1.65. The Hall–Kier alpha value is -1.21. The van der Waals surface area contributed by atoms with E-state index in [9.17, 15) is 8.42 Å². The normalized spacial score (nSPS) is 23.2. The van der Waals surface area contributed by atoms with Crippen LogP contribution in [0.15, 0.2) is 12.3 Å². The zero-order valence-corrected chi connectivity index (χ0v) is 9.44. The molecule has 0 aliphatic carbocycles. The van der Waals surface area contributed by atoms with E-state index in [1.807, 2.05) is 0 Å². The van der Waals surface area contributed by atoms with Crippen molar-refractivity contribution in [3.8, 4) is 0 Å². The van der Waals surface area contributed by atoms with Crippen LogP contribution in [0.2, 0.25) is 0 Å². The second-order valence-electron chi connectivity index (χ2n) is 3.77. The van der Waals surface area contributed by atoms with Gasteiger partial charge in [-0.3, -0.25) is 0 Å². The van der Waals surface area contributed by atoms with Crippen LogP contribution in [-0.2, 0) is 16.4 Å². The molecule has 2 N–H and O–H groups in total. The lowest BCUT2D eigenvalue weighted by Gasteiger charge is -2.10. The smallest absolute Gasteiger partial charge is 0.223 e. The number of aromatic nitrogens is 2. The first kappa shape index (κ1) is 11.3. The van der Waals surface area contributed by atoms with Crippen molar-refractivity contribution in [2.75, 3.05) is 16.8 Å². The minimum atomic E-state index is -2.90. The first-order valence-electron chi connectivity index (χ1n) is 4.99. The molecule has 0 spiro atoms. The van der Waals surface area contributed by atoms with E-state index in [2.05, 4.69) is 15.3 Å². The van der Waals surface area contributed by atoms with Gasteiger partial charge in [0.2, 0.25) is 5.95 Å². The minimum absolute atomic E-state index is 0.125. The van der Waals surface area contributed by atoms with Crippen molar-refractivity contribution in [2.45, 2.75) is 19.1 Å². The number of rotatable bonds is 3. The number of anilines is 1. The molecule has 0 amide bonds. The zero-order valence-electron chi connectivity index (χ0n) is 8.63. The summed E-state index contributed by atoms with van der Waals surface area (Å²) in [6, 6.07) is 1.48. The molecule has 1 aromatic heterocycles. The maximum atomic E-state index is 11.2. The summed E-state index contributed by atoms with van der Waals surface area (Å²) in [5, 5.41) is 11.9. The fourth-order valence-corrected chi connectivity index (χ4v) is 3.32. The van der Waals surface area contributed by atoms with Crippen LogP contribution >= 0.6 is 0 Å². The number of sulfone groups is 1. The van der Waals surface area contributed by atoms with Crippen molar-refractivity contribution in [1.82, 2.24) is 9.97 Å². The Balaban J connectivity index is 2.04. The summed E-state index contributed by atoms with van der Waals surface area (Å²) in [6.45, 7) is -0.153. The molecular formula is C9H13N3O3S. The van der Waals surface area contributed by atoms with Gasteiger partial charge in [-0.05, 0) is 12.5 Å². The van der Waals surface area contributed by atoms with Gasteiger partial charge in [-0.15, -0.1) is 0 Å². The first-order valence-corrected chi connectivity index (χ1v) is 6.81. The van der Waals surface area contributed by atoms with Crippen molar-refractivity contribution in [1.29, 1.82) is 0 Å². The summed E-state index contributed by atoms with van der Waals surface area (Å²) in [5.74, 6) is 0.706. The summed E-state index contributed by atoms with van der Waals surface area (Å²) < 4.78 is 22.5. The summed E-state index contributed by atoms with van der Waals surface area (Å²) in [5.41, 5.74) is 0.512. The summed E-state index contributed by atoms with van der Waals surface area (Å²) in [4.78, 5) is 8.01. The third-order valence-electron chi connectivity index (χ3n) is 2.44. The Kier molecular flexibility index (Phi) is 3.06. The van der Waals surface area contributed by atoms with Crippen LogP contribution in [0.3, 0.4) is 0 Å². The molecule has 1 atom stereocenters. The molecule has 2 rings (SSSR count). The van der Waals surface area contributed by atoms with Gasteiger partial charge < -0.3 is 10.4 Å². The van der Waals surface area contributed by atoms with Crippen LogP contribution < -0.4 is 5.32 Å². The van der Waals surface area contributed by atoms with Gasteiger partial charge in [0.05, 0.1) is 23.8 Å². The molecule has 0 aromatic carbocycles. The van der Waals surface area contributed by atoms with Crippen molar-refractivity contribution < 1.29 is 13.5 Å². The Morgan fingerprint density at radius 2 is 2.38 bits per heavy atom. The molecule has 1 aliphatic heterocycles. The highest BCUT2D eigenvalue weighted by Crippen LogP contribution is 2.15. The molecule has 16 heavy (non-hydrogen) atoms. The lowest BCUT2D eigenvalue weighted by Crippen LogP contribution is -2.22. The quantitative estimate of drug-likeness (QED) is 0.748. The molecule has 1 saturated heterocycles.